The Hall–Kier alpha value is -1.38. The molecule has 0 atom stereocenters. The fourth-order valence-electron chi connectivity index (χ4n) is 4.35. The first-order chi connectivity index (χ1) is 16.8. The molecule has 1 aromatic rings. The summed E-state index contributed by atoms with van der Waals surface area (Å²) in [6.45, 7) is 6.12. The number of hydrogen-bond donors (Lipinski definition) is 0. The molecule has 0 bridgehead atoms. The van der Waals surface area contributed by atoms with Crippen LogP contribution < -0.4 is 9.47 Å². The van der Waals surface area contributed by atoms with Crippen molar-refractivity contribution in [3.8, 4) is 11.5 Å². The lowest BCUT2D eigenvalue weighted by Gasteiger charge is -2.09. The molecule has 34 heavy (non-hydrogen) atoms. The predicted molar refractivity (Wildman–Crippen MR) is 149 cm³/mol. The second kappa shape index (κ2) is 23.4. The van der Waals surface area contributed by atoms with Gasteiger partial charge in [-0.05, 0) is 38.5 Å². The van der Waals surface area contributed by atoms with Gasteiger partial charge in [-0.15, -0.1) is 0 Å². The number of aromatic nitrogens is 1. The van der Waals surface area contributed by atoms with Crippen LogP contribution in [0.15, 0.2) is 24.5 Å². The molecule has 3 heteroatoms. The Morgan fingerprint density at radius 1 is 0.529 bits per heavy atom. The first-order valence-electron chi connectivity index (χ1n) is 14.8. The summed E-state index contributed by atoms with van der Waals surface area (Å²) in [5.41, 5.74) is 0. The number of unbranched alkanes of at least 4 members (excludes halogenated alkanes) is 17. The molecule has 0 radical (unpaired) electrons. The van der Waals surface area contributed by atoms with Gasteiger partial charge in [-0.1, -0.05) is 116 Å². The number of hydrogen-bond acceptors (Lipinski definition) is 2. The summed E-state index contributed by atoms with van der Waals surface area (Å²) in [4.78, 5) is 0. The quantitative estimate of drug-likeness (QED) is 0.104. The van der Waals surface area contributed by atoms with Crippen molar-refractivity contribution in [2.45, 2.75) is 142 Å². The average molecular weight is 476 g/mol. The molecule has 0 N–H and O–H groups in total. The molecule has 0 amide bonds. The highest BCUT2D eigenvalue weighted by atomic mass is 16.5. The topological polar surface area (TPSA) is 23.4 Å². The summed E-state index contributed by atoms with van der Waals surface area (Å²) in [5, 5.41) is 0. The van der Waals surface area contributed by atoms with Crippen molar-refractivity contribution >= 4 is 0 Å². The van der Waals surface area contributed by atoms with E-state index in [1.807, 2.05) is 24.0 Å². The van der Waals surface area contributed by atoms with Gasteiger partial charge >= 0.3 is 0 Å². The van der Waals surface area contributed by atoms with Crippen LogP contribution in [0.5, 0.6) is 11.5 Å². The lowest BCUT2D eigenvalue weighted by Crippen LogP contribution is -2.01. The molecule has 0 saturated heterocycles. The maximum Gasteiger partial charge on any atom is 0.178 e. The summed E-state index contributed by atoms with van der Waals surface area (Å²) in [6.07, 6.45) is 35.3. The Kier molecular flexibility index (Phi) is 21.1. The van der Waals surface area contributed by atoms with Crippen LogP contribution in [0.3, 0.4) is 0 Å². The molecule has 1 rings (SSSR count). The Labute approximate surface area is 212 Å². The standard InChI is InChI=1S/C31H57NO2/c1-4-6-8-10-12-13-14-15-16-17-18-19-20-21-23-25-27-34-31-29-32(3)28-30(31)33-26-24-22-11-9-7-5-2/h12-13,28-29H,4-11,14-27H2,1-3H3/b13-12-. The summed E-state index contributed by atoms with van der Waals surface area (Å²) in [5.74, 6) is 1.81. The molecular formula is C31H57NO2. The van der Waals surface area contributed by atoms with Gasteiger partial charge in [0, 0.05) is 19.4 Å². The van der Waals surface area contributed by atoms with E-state index >= 15 is 0 Å². The molecule has 3 nitrogen and oxygen atoms in total. The number of allylic oxidation sites excluding steroid dienone is 2. The molecule has 198 valence electrons. The molecule has 0 aliphatic rings. The van der Waals surface area contributed by atoms with E-state index in [2.05, 4.69) is 26.0 Å². The predicted octanol–water partition coefficient (Wildman–Crippen LogP) is 10.2. The number of rotatable bonds is 25. The molecule has 0 spiro atoms. The average Bonchev–Trinajstić information content (AvgIpc) is 3.19. The van der Waals surface area contributed by atoms with Crippen molar-refractivity contribution in [2.75, 3.05) is 13.2 Å². The molecule has 1 heterocycles. The van der Waals surface area contributed by atoms with Gasteiger partial charge in [0.2, 0.25) is 0 Å². The van der Waals surface area contributed by atoms with Crippen molar-refractivity contribution in [1.82, 2.24) is 4.57 Å². The van der Waals surface area contributed by atoms with Crippen LogP contribution in [-0.4, -0.2) is 17.8 Å². The third-order valence-electron chi connectivity index (χ3n) is 6.55. The van der Waals surface area contributed by atoms with Crippen LogP contribution in [0.25, 0.3) is 0 Å². The summed E-state index contributed by atoms with van der Waals surface area (Å²) in [6, 6.07) is 0. The first kappa shape index (κ1) is 30.7. The zero-order valence-electron chi connectivity index (χ0n) is 23.1. The molecule has 0 aromatic carbocycles. The van der Waals surface area contributed by atoms with Crippen LogP contribution in [-0.2, 0) is 7.05 Å². The molecule has 0 fully saturated rings. The van der Waals surface area contributed by atoms with E-state index in [1.165, 1.54) is 116 Å². The highest BCUT2D eigenvalue weighted by molar-refractivity contribution is 5.37. The lowest BCUT2D eigenvalue weighted by atomic mass is 10.1. The van der Waals surface area contributed by atoms with Crippen LogP contribution in [0.2, 0.25) is 0 Å². The summed E-state index contributed by atoms with van der Waals surface area (Å²) < 4.78 is 14.1. The third-order valence-corrected chi connectivity index (χ3v) is 6.55. The first-order valence-corrected chi connectivity index (χ1v) is 14.8. The maximum atomic E-state index is 6.04. The smallest absolute Gasteiger partial charge is 0.178 e. The zero-order chi connectivity index (χ0) is 24.5. The van der Waals surface area contributed by atoms with Crippen molar-refractivity contribution < 1.29 is 9.47 Å². The van der Waals surface area contributed by atoms with E-state index in [0.29, 0.717) is 0 Å². The second-order valence-electron chi connectivity index (χ2n) is 10.1. The SMILES string of the molecule is CCCCC/C=C\CCCCCCCCCCCOc1cn(C)cc1OCCCCCCCC. The minimum atomic E-state index is 0.794. The maximum absolute atomic E-state index is 6.04. The van der Waals surface area contributed by atoms with E-state index in [0.717, 1.165) is 37.6 Å². The molecule has 0 aliphatic carbocycles. The van der Waals surface area contributed by atoms with E-state index in [4.69, 9.17) is 9.47 Å². The molecular weight excluding hydrogens is 418 g/mol. The van der Waals surface area contributed by atoms with Crippen LogP contribution >= 0.6 is 0 Å². The van der Waals surface area contributed by atoms with Gasteiger partial charge in [0.25, 0.3) is 0 Å². The monoisotopic (exact) mass is 475 g/mol. The largest absolute Gasteiger partial charge is 0.488 e. The van der Waals surface area contributed by atoms with Crippen LogP contribution in [0.1, 0.15) is 142 Å². The second-order valence-corrected chi connectivity index (χ2v) is 10.1. The third kappa shape index (κ3) is 18.0. The van der Waals surface area contributed by atoms with Gasteiger partial charge in [-0.25, -0.2) is 0 Å². The van der Waals surface area contributed by atoms with Crippen LogP contribution in [0.4, 0.5) is 0 Å². The fourth-order valence-corrected chi connectivity index (χ4v) is 4.35. The van der Waals surface area contributed by atoms with Crippen molar-refractivity contribution in [3.63, 3.8) is 0 Å². The van der Waals surface area contributed by atoms with E-state index in [1.54, 1.807) is 0 Å². The van der Waals surface area contributed by atoms with Crippen molar-refractivity contribution in [1.29, 1.82) is 0 Å². The van der Waals surface area contributed by atoms with Gasteiger partial charge in [-0.2, -0.15) is 0 Å². The van der Waals surface area contributed by atoms with Crippen LogP contribution in [0, 0.1) is 0 Å². The Balaban J connectivity index is 1.93. The minimum Gasteiger partial charge on any atom is -0.488 e. The van der Waals surface area contributed by atoms with Gasteiger partial charge in [0.05, 0.1) is 13.2 Å². The molecule has 1 aromatic heterocycles. The van der Waals surface area contributed by atoms with Gasteiger partial charge in [0.15, 0.2) is 11.5 Å². The number of aryl methyl sites for hydroxylation is 1. The van der Waals surface area contributed by atoms with Crippen molar-refractivity contribution in [3.05, 3.63) is 24.5 Å². The van der Waals surface area contributed by atoms with Gasteiger partial charge in [0.1, 0.15) is 0 Å². The van der Waals surface area contributed by atoms with E-state index < -0.39 is 0 Å². The molecule has 0 aliphatic heterocycles. The Morgan fingerprint density at radius 3 is 1.35 bits per heavy atom. The summed E-state index contributed by atoms with van der Waals surface area (Å²) >= 11 is 0. The minimum absolute atomic E-state index is 0.794. The van der Waals surface area contributed by atoms with Gasteiger partial charge < -0.3 is 14.0 Å². The fraction of sp³-hybridized carbons (Fsp3) is 0.806. The van der Waals surface area contributed by atoms with E-state index in [-0.39, 0.29) is 0 Å². The Morgan fingerprint density at radius 2 is 0.882 bits per heavy atom. The molecule has 0 saturated carbocycles. The Bertz CT molecular complexity index is 578. The zero-order valence-corrected chi connectivity index (χ0v) is 23.1. The highest BCUT2D eigenvalue weighted by Crippen LogP contribution is 2.28. The number of nitrogens with zero attached hydrogens (tertiary/aromatic N) is 1. The summed E-state index contributed by atoms with van der Waals surface area (Å²) in [7, 11) is 2.04. The normalized spacial score (nSPS) is 11.5. The molecule has 0 unspecified atom stereocenters. The number of ether oxygens (including phenoxy) is 2. The van der Waals surface area contributed by atoms with E-state index in [9.17, 15) is 0 Å². The van der Waals surface area contributed by atoms with Crippen molar-refractivity contribution in [2.24, 2.45) is 7.05 Å². The highest BCUT2D eigenvalue weighted by Gasteiger charge is 2.08. The van der Waals surface area contributed by atoms with Gasteiger partial charge in [-0.3, -0.25) is 0 Å². The lowest BCUT2D eigenvalue weighted by molar-refractivity contribution is 0.260.